The lowest BCUT2D eigenvalue weighted by atomic mass is 9.96. The van der Waals surface area contributed by atoms with E-state index in [1.807, 2.05) is 51.1 Å². The predicted octanol–water partition coefficient (Wildman–Crippen LogP) is 2.93. The van der Waals surface area contributed by atoms with E-state index in [2.05, 4.69) is 21.2 Å². The third kappa shape index (κ3) is 5.15. The highest BCUT2D eigenvalue weighted by Crippen LogP contribution is 2.12. The lowest BCUT2D eigenvalue weighted by molar-refractivity contribution is -0.128. The highest BCUT2D eigenvalue weighted by molar-refractivity contribution is 9.18. The second-order valence-corrected chi connectivity index (χ2v) is 5.87. The Balaban J connectivity index is 2.69. The molecule has 1 N–H and O–H groups in total. The Kier molecular flexibility index (Phi) is 6.22. The van der Waals surface area contributed by atoms with Crippen LogP contribution in [0.5, 0.6) is 0 Å². The maximum Gasteiger partial charge on any atom is 0.223 e. The largest absolute Gasteiger partial charge is 0.345 e. The number of benzene rings is 1. The number of halogens is 1. The molecule has 0 aliphatic rings. The van der Waals surface area contributed by atoms with Crippen molar-refractivity contribution in [3.05, 3.63) is 35.9 Å². The molecule has 1 amide bonds. The van der Waals surface area contributed by atoms with Gasteiger partial charge < -0.3 is 5.32 Å². The van der Waals surface area contributed by atoms with Crippen LogP contribution in [0, 0.1) is 11.8 Å². The molecule has 0 aliphatic carbocycles. The highest BCUT2D eigenvalue weighted by Gasteiger charge is 2.23. The zero-order valence-electron chi connectivity index (χ0n) is 11.5. The Morgan fingerprint density at radius 1 is 1.16 bits per heavy atom. The van der Waals surface area contributed by atoms with Crippen molar-refractivity contribution in [1.82, 2.24) is 5.32 Å². The molecule has 19 heavy (non-hydrogen) atoms. The topological polar surface area (TPSA) is 46.2 Å². The Labute approximate surface area is 122 Å². The SMILES string of the molecule is CC(C)[C@H](C)C(=O)NC(Cc1ccccc1)C(=O)Br. The molecule has 0 fully saturated rings. The van der Waals surface area contributed by atoms with Crippen molar-refractivity contribution in [2.45, 2.75) is 33.2 Å². The fraction of sp³-hybridized carbons (Fsp3) is 0.467. The fourth-order valence-corrected chi connectivity index (χ4v) is 1.92. The first-order chi connectivity index (χ1) is 8.91. The van der Waals surface area contributed by atoms with E-state index in [0.29, 0.717) is 6.42 Å². The summed E-state index contributed by atoms with van der Waals surface area (Å²) in [7, 11) is 0. The van der Waals surface area contributed by atoms with Crippen molar-refractivity contribution in [3.63, 3.8) is 0 Å². The molecular weight excluding hydrogens is 306 g/mol. The van der Waals surface area contributed by atoms with Gasteiger partial charge in [-0.15, -0.1) is 0 Å². The van der Waals surface area contributed by atoms with E-state index in [0.717, 1.165) is 5.56 Å². The van der Waals surface area contributed by atoms with Gasteiger partial charge in [0.05, 0.1) is 0 Å². The van der Waals surface area contributed by atoms with Gasteiger partial charge in [0.2, 0.25) is 10.6 Å². The van der Waals surface area contributed by atoms with Crippen LogP contribution in [0.4, 0.5) is 0 Å². The van der Waals surface area contributed by atoms with E-state index in [-0.39, 0.29) is 22.4 Å². The summed E-state index contributed by atoms with van der Waals surface area (Å²) < 4.78 is -0.194. The van der Waals surface area contributed by atoms with Gasteiger partial charge in [-0.3, -0.25) is 9.59 Å². The molecule has 1 unspecified atom stereocenters. The first-order valence-corrected chi connectivity index (χ1v) is 7.24. The minimum atomic E-state index is -0.518. The molecule has 3 nitrogen and oxygen atoms in total. The van der Waals surface area contributed by atoms with Crippen molar-refractivity contribution in [2.75, 3.05) is 0 Å². The number of rotatable bonds is 6. The second-order valence-electron chi connectivity index (χ2n) is 5.09. The number of carbonyl (C=O) groups is 2. The van der Waals surface area contributed by atoms with Gasteiger partial charge in [0, 0.05) is 12.3 Å². The Morgan fingerprint density at radius 2 is 1.74 bits per heavy atom. The molecule has 1 rings (SSSR count). The Bertz CT molecular complexity index is 431. The number of hydrogen-bond acceptors (Lipinski definition) is 2. The maximum absolute atomic E-state index is 12.0. The van der Waals surface area contributed by atoms with Gasteiger partial charge in [0.25, 0.3) is 0 Å². The molecule has 104 valence electrons. The van der Waals surface area contributed by atoms with Crippen molar-refractivity contribution in [2.24, 2.45) is 11.8 Å². The third-order valence-electron chi connectivity index (χ3n) is 3.29. The minimum absolute atomic E-state index is 0.0799. The first-order valence-electron chi connectivity index (χ1n) is 6.45. The van der Waals surface area contributed by atoms with Crippen LogP contribution < -0.4 is 5.32 Å². The Morgan fingerprint density at radius 3 is 2.21 bits per heavy atom. The molecule has 1 aromatic carbocycles. The lowest BCUT2D eigenvalue weighted by Crippen LogP contribution is -2.43. The van der Waals surface area contributed by atoms with Crippen LogP contribution in [0.15, 0.2) is 30.3 Å². The maximum atomic E-state index is 12.0. The number of nitrogens with one attached hydrogen (secondary N) is 1. The first kappa shape index (κ1) is 15.9. The summed E-state index contributed by atoms with van der Waals surface area (Å²) in [6, 6.07) is 9.14. The van der Waals surface area contributed by atoms with Crippen LogP contribution >= 0.6 is 15.9 Å². The quantitative estimate of drug-likeness (QED) is 0.817. The van der Waals surface area contributed by atoms with Crippen LogP contribution in [0.25, 0.3) is 0 Å². The van der Waals surface area contributed by atoms with E-state index in [4.69, 9.17) is 0 Å². The van der Waals surface area contributed by atoms with Gasteiger partial charge in [-0.25, -0.2) is 0 Å². The molecule has 0 aromatic heterocycles. The van der Waals surface area contributed by atoms with Crippen LogP contribution in [0.2, 0.25) is 0 Å². The molecule has 0 heterocycles. The molecule has 0 radical (unpaired) electrons. The van der Waals surface area contributed by atoms with Crippen LogP contribution in [-0.2, 0) is 16.0 Å². The highest BCUT2D eigenvalue weighted by atomic mass is 79.9. The molecule has 4 heteroatoms. The normalized spacial score (nSPS) is 13.9. The minimum Gasteiger partial charge on any atom is -0.345 e. The average molecular weight is 326 g/mol. The van der Waals surface area contributed by atoms with Crippen LogP contribution in [0.1, 0.15) is 26.3 Å². The monoisotopic (exact) mass is 325 g/mol. The molecule has 2 atom stereocenters. The summed E-state index contributed by atoms with van der Waals surface area (Å²) in [5, 5.41) is 2.81. The number of hydrogen-bond donors (Lipinski definition) is 1. The van der Waals surface area contributed by atoms with Gasteiger partial charge in [-0.1, -0.05) is 51.1 Å². The molecule has 0 aliphatic heterocycles. The van der Waals surface area contributed by atoms with Crippen molar-refractivity contribution in [1.29, 1.82) is 0 Å². The van der Waals surface area contributed by atoms with Gasteiger partial charge in [-0.05, 0) is 27.4 Å². The van der Waals surface area contributed by atoms with Crippen LogP contribution in [0.3, 0.4) is 0 Å². The van der Waals surface area contributed by atoms with Crippen LogP contribution in [-0.4, -0.2) is 16.6 Å². The van der Waals surface area contributed by atoms with E-state index in [1.165, 1.54) is 0 Å². The molecule has 0 bridgehead atoms. The third-order valence-corrected chi connectivity index (χ3v) is 3.84. The fourth-order valence-electron chi connectivity index (χ4n) is 1.64. The van der Waals surface area contributed by atoms with E-state index in [9.17, 15) is 9.59 Å². The van der Waals surface area contributed by atoms with Gasteiger partial charge in [-0.2, -0.15) is 0 Å². The smallest absolute Gasteiger partial charge is 0.223 e. The second kappa shape index (κ2) is 7.43. The van der Waals surface area contributed by atoms with Crippen molar-refractivity contribution in [3.8, 4) is 0 Å². The van der Waals surface area contributed by atoms with E-state index >= 15 is 0 Å². The molecular formula is C15H20BrNO2. The summed E-state index contributed by atoms with van der Waals surface area (Å²) in [5.74, 6) is 0.0663. The molecule has 0 saturated carbocycles. The zero-order valence-corrected chi connectivity index (χ0v) is 13.1. The summed E-state index contributed by atoms with van der Waals surface area (Å²) in [5.41, 5.74) is 1.03. The summed E-state index contributed by atoms with van der Waals surface area (Å²) >= 11 is 2.96. The predicted molar refractivity (Wildman–Crippen MR) is 80.0 cm³/mol. The average Bonchev–Trinajstić information content (AvgIpc) is 2.37. The zero-order chi connectivity index (χ0) is 14.4. The Hall–Kier alpha value is -1.16. The molecule has 1 aromatic rings. The van der Waals surface area contributed by atoms with Gasteiger partial charge >= 0.3 is 0 Å². The lowest BCUT2D eigenvalue weighted by Gasteiger charge is -2.20. The van der Waals surface area contributed by atoms with E-state index in [1.54, 1.807) is 0 Å². The number of amides is 1. The summed E-state index contributed by atoms with van der Waals surface area (Å²) in [6.45, 7) is 5.86. The standard InChI is InChI=1S/C15H20BrNO2/c1-10(2)11(3)15(19)17-13(14(16)18)9-12-7-5-4-6-8-12/h4-8,10-11,13H,9H2,1-3H3,(H,17,19)/t11-,13?/m0/s1. The summed E-state index contributed by atoms with van der Waals surface area (Å²) in [6.07, 6.45) is 0.501. The van der Waals surface area contributed by atoms with Crippen molar-refractivity contribution < 1.29 is 9.59 Å². The van der Waals surface area contributed by atoms with Gasteiger partial charge in [0.15, 0.2) is 0 Å². The van der Waals surface area contributed by atoms with Crippen molar-refractivity contribution >= 4 is 26.5 Å². The van der Waals surface area contributed by atoms with Gasteiger partial charge in [0.1, 0.15) is 6.04 Å². The summed E-state index contributed by atoms with van der Waals surface area (Å²) in [4.78, 5) is 23.6. The molecule has 0 saturated heterocycles. The number of carbonyl (C=O) groups excluding carboxylic acids is 2. The van der Waals surface area contributed by atoms with E-state index < -0.39 is 6.04 Å². The molecule has 0 spiro atoms.